The molecule has 0 bridgehead atoms. The molecule has 0 aliphatic carbocycles. The lowest BCUT2D eigenvalue weighted by Crippen LogP contribution is -2.19. The number of thioether (sulfide) groups is 1. The number of rotatable bonds is 2. The lowest BCUT2D eigenvalue weighted by molar-refractivity contribution is 0.259. The summed E-state index contributed by atoms with van der Waals surface area (Å²) >= 11 is 1.55. The van der Waals surface area contributed by atoms with Crippen molar-refractivity contribution < 1.29 is 4.79 Å². The number of amides is 2. The Morgan fingerprint density at radius 1 is 1.44 bits per heavy atom. The Kier molecular flexibility index (Phi) is 2.96. The van der Waals surface area contributed by atoms with Crippen molar-refractivity contribution in [3.63, 3.8) is 0 Å². The van der Waals surface area contributed by atoms with Gasteiger partial charge in [-0.1, -0.05) is 0 Å². The molecule has 82 valence electrons. The van der Waals surface area contributed by atoms with Crippen molar-refractivity contribution in [2.75, 3.05) is 11.6 Å². The van der Waals surface area contributed by atoms with Crippen molar-refractivity contribution in [2.24, 2.45) is 5.73 Å². The third-order valence-electron chi connectivity index (χ3n) is 2.21. The van der Waals surface area contributed by atoms with E-state index in [2.05, 4.69) is 10.3 Å². The maximum absolute atomic E-state index is 11.0. The zero-order chi connectivity index (χ0) is 11.5. The lowest BCUT2D eigenvalue weighted by Gasteiger charge is -2.10. The first-order valence-electron chi connectivity index (χ1n) is 4.70. The summed E-state index contributed by atoms with van der Waals surface area (Å²) in [5.74, 6) is 0. The fourth-order valence-electron chi connectivity index (χ4n) is 1.55. The highest BCUT2D eigenvalue weighted by Gasteiger charge is 2.08. The highest BCUT2D eigenvalue weighted by molar-refractivity contribution is 7.98. The van der Waals surface area contributed by atoms with Crippen molar-refractivity contribution in [3.8, 4) is 0 Å². The van der Waals surface area contributed by atoms with Crippen LogP contribution in [0.5, 0.6) is 0 Å². The van der Waals surface area contributed by atoms with E-state index in [1.165, 1.54) is 0 Å². The normalized spacial score (nSPS) is 10.3. The van der Waals surface area contributed by atoms with E-state index in [4.69, 9.17) is 5.73 Å². The summed E-state index contributed by atoms with van der Waals surface area (Å²) in [6, 6.07) is 7.02. The van der Waals surface area contributed by atoms with Crippen LogP contribution >= 0.6 is 11.8 Å². The van der Waals surface area contributed by atoms with Gasteiger partial charge in [0.1, 0.15) is 0 Å². The van der Waals surface area contributed by atoms with Crippen LogP contribution in [-0.2, 0) is 0 Å². The topological polar surface area (TPSA) is 68.0 Å². The summed E-state index contributed by atoms with van der Waals surface area (Å²) in [4.78, 5) is 16.2. The van der Waals surface area contributed by atoms with E-state index in [1.54, 1.807) is 18.0 Å². The maximum atomic E-state index is 11.0. The van der Waals surface area contributed by atoms with Gasteiger partial charge >= 0.3 is 6.03 Å². The molecule has 2 rings (SSSR count). The number of carbonyl (C=O) groups excluding carboxylic acids is 1. The van der Waals surface area contributed by atoms with Gasteiger partial charge < -0.3 is 11.1 Å². The second-order valence-electron chi connectivity index (χ2n) is 3.20. The number of anilines is 1. The molecule has 0 radical (unpaired) electrons. The minimum atomic E-state index is -0.563. The number of hydrogen-bond acceptors (Lipinski definition) is 3. The van der Waals surface area contributed by atoms with Gasteiger partial charge in [-0.15, -0.1) is 11.8 Å². The summed E-state index contributed by atoms with van der Waals surface area (Å²) in [6.07, 6.45) is 3.67. The van der Waals surface area contributed by atoms with Gasteiger partial charge in [0.2, 0.25) is 0 Å². The molecule has 1 aromatic carbocycles. The molecule has 3 N–H and O–H groups in total. The largest absolute Gasteiger partial charge is 0.351 e. The quantitative estimate of drug-likeness (QED) is 0.783. The fraction of sp³-hybridized carbons (Fsp3) is 0.0909. The van der Waals surface area contributed by atoms with Crippen molar-refractivity contribution in [2.45, 2.75) is 4.90 Å². The van der Waals surface area contributed by atoms with Crippen LogP contribution < -0.4 is 11.1 Å². The third-order valence-corrected chi connectivity index (χ3v) is 2.99. The molecule has 0 aliphatic rings. The van der Waals surface area contributed by atoms with Crippen LogP contribution in [0.15, 0.2) is 35.4 Å². The molecule has 0 saturated heterocycles. The maximum Gasteiger partial charge on any atom is 0.316 e. The van der Waals surface area contributed by atoms with Crippen LogP contribution in [-0.4, -0.2) is 17.3 Å². The lowest BCUT2D eigenvalue weighted by atomic mass is 10.2. The van der Waals surface area contributed by atoms with Gasteiger partial charge in [-0.05, 0) is 30.5 Å². The molecule has 2 amide bonds. The summed E-state index contributed by atoms with van der Waals surface area (Å²) < 4.78 is 0. The molecule has 16 heavy (non-hydrogen) atoms. The van der Waals surface area contributed by atoms with Gasteiger partial charge in [-0.3, -0.25) is 4.98 Å². The Labute approximate surface area is 97.2 Å². The fourth-order valence-corrected chi connectivity index (χ4v) is 2.12. The van der Waals surface area contributed by atoms with E-state index in [9.17, 15) is 4.79 Å². The SMILES string of the molecule is CSc1ccc2ncccc2c1NC(N)=O. The third kappa shape index (κ3) is 1.94. The molecule has 2 aromatic rings. The number of nitrogens with two attached hydrogens (primary N) is 1. The minimum Gasteiger partial charge on any atom is -0.351 e. The molecule has 1 aromatic heterocycles. The Morgan fingerprint density at radius 2 is 2.25 bits per heavy atom. The van der Waals surface area contributed by atoms with E-state index in [0.717, 1.165) is 21.5 Å². The van der Waals surface area contributed by atoms with Crippen LogP contribution in [0.4, 0.5) is 10.5 Å². The Bertz CT molecular complexity index is 542. The Hall–Kier alpha value is -1.75. The van der Waals surface area contributed by atoms with Crippen molar-refractivity contribution in [3.05, 3.63) is 30.5 Å². The average Bonchev–Trinajstić information content (AvgIpc) is 2.29. The average molecular weight is 233 g/mol. The monoisotopic (exact) mass is 233 g/mol. The van der Waals surface area contributed by atoms with Gasteiger partial charge in [-0.25, -0.2) is 4.79 Å². The van der Waals surface area contributed by atoms with Gasteiger partial charge in [0.05, 0.1) is 11.2 Å². The van der Waals surface area contributed by atoms with Gasteiger partial charge in [0.15, 0.2) is 0 Å². The predicted octanol–water partition coefficient (Wildman–Crippen LogP) is 2.45. The number of nitrogens with one attached hydrogen (secondary N) is 1. The van der Waals surface area contributed by atoms with Crippen LogP contribution in [0.3, 0.4) is 0 Å². The summed E-state index contributed by atoms with van der Waals surface area (Å²) in [7, 11) is 0. The van der Waals surface area contributed by atoms with E-state index < -0.39 is 6.03 Å². The number of urea groups is 1. The van der Waals surface area contributed by atoms with Crippen molar-refractivity contribution in [1.82, 2.24) is 4.98 Å². The summed E-state index contributed by atoms with van der Waals surface area (Å²) in [5, 5.41) is 3.54. The Balaban J connectivity index is 2.67. The molecular weight excluding hydrogens is 222 g/mol. The van der Waals surface area contributed by atoms with E-state index in [0.29, 0.717) is 0 Å². The highest BCUT2D eigenvalue weighted by atomic mass is 32.2. The van der Waals surface area contributed by atoms with Crippen molar-refractivity contribution >= 4 is 34.4 Å². The molecule has 0 atom stereocenters. The molecule has 5 heteroatoms. The number of primary amides is 1. The molecule has 0 aliphatic heterocycles. The number of nitrogens with zero attached hydrogens (tertiary/aromatic N) is 1. The van der Waals surface area contributed by atoms with Crippen LogP contribution in [0.25, 0.3) is 10.9 Å². The number of hydrogen-bond donors (Lipinski definition) is 2. The molecule has 0 unspecified atom stereocenters. The number of benzene rings is 1. The Morgan fingerprint density at radius 3 is 2.94 bits per heavy atom. The minimum absolute atomic E-state index is 0.563. The van der Waals surface area contributed by atoms with Crippen LogP contribution in [0, 0.1) is 0 Å². The second kappa shape index (κ2) is 4.40. The number of fused-ring (bicyclic) bond motifs is 1. The molecule has 0 spiro atoms. The first-order valence-corrected chi connectivity index (χ1v) is 5.93. The molecular formula is C11H11N3OS. The van der Waals surface area contributed by atoms with Crippen molar-refractivity contribution in [1.29, 1.82) is 0 Å². The number of carbonyl (C=O) groups is 1. The zero-order valence-electron chi connectivity index (χ0n) is 8.73. The standard InChI is InChI=1S/C11H11N3OS/c1-16-9-5-4-8-7(3-2-6-13-8)10(9)14-11(12)15/h2-6H,1H3,(H3,12,14,15). The zero-order valence-corrected chi connectivity index (χ0v) is 9.54. The van der Waals surface area contributed by atoms with Gasteiger partial charge in [-0.2, -0.15) is 0 Å². The molecule has 0 fully saturated rings. The predicted molar refractivity (Wildman–Crippen MR) is 66.7 cm³/mol. The van der Waals surface area contributed by atoms with Crippen LogP contribution in [0.1, 0.15) is 0 Å². The van der Waals surface area contributed by atoms with E-state index in [-0.39, 0.29) is 0 Å². The van der Waals surface area contributed by atoms with Gasteiger partial charge in [0.25, 0.3) is 0 Å². The number of pyridine rings is 1. The first kappa shape index (κ1) is 10.8. The van der Waals surface area contributed by atoms with Crippen LogP contribution in [0.2, 0.25) is 0 Å². The molecule has 1 heterocycles. The number of aromatic nitrogens is 1. The molecule has 4 nitrogen and oxygen atoms in total. The van der Waals surface area contributed by atoms with E-state index >= 15 is 0 Å². The first-order chi connectivity index (χ1) is 7.72. The summed E-state index contributed by atoms with van der Waals surface area (Å²) in [6.45, 7) is 0. The molecule has 0 saturated carbocycles. The van der Waals surface area contributed by atoms with E-state index in [1.807, 2.05) is 30.5 Å². The second-order valence-corrected chi connectivity index (χ2v) is 4.05. The van der Waals surface area contributed by atoms with Gasteiger partial charge in [0, 0.05) is 16.5 Å². The smallest absolute Gasteiger partial charge is 0.316 e. The highest BCUT2D eigenvalue weighted by Crippen LogP contribution is 2.32. The summed E-state index contributed by atoms with van der Waals surface area (Å²) in [5.41, 5.74) is 6.72.